The van der Waals surface area contributed by atoms with Gasteiger partial charge in [0.1, 0.15) is 18.1 Å². The molecule has 0 fully saturated rings. The van der Waals surface area contributed by atoms with Crippen LogP contribution in [-0.4, -0.2) is 38.5 Å². The molecule has 0 aliphatic carbocycles. The highest BCUT2D eigenvalue weighted by atomic mass is 19.4. The summed E-state index contributed by atoms with van der Waals surface area (Å²) in [5, 5.41) is 17.1. The van der Waals surface area contributed by atoms with E-state index in [0.717, 1.165) is 30.3 Å². The Bertz CT molecular complexity index is 1250. The summed E-state index contributed by atoms with van der Waals surface area (Å²) in [7, 11) is 0. The first-order chi connectivity index (χ1) is 15.6. The van der Waals surface area contributed by atoms with Crippen LogP contribution in [0.5, 0.6) is 5.75 Å². The number of non-ortho nitro benzene ring substituents is 1. The molecule has 1 N–H and O–H groups in total. The first-order valence-electron chi connectivity index (χ1n) is 9.65. The van der Waals surface area contributed by atoms with Gasteiger partial charge in [0.05, 0.1) is 22.4 Å². The molecule has 0 aliphatic rings. The average Bonchev–Trinajstić information content (AvgIpc) is 3.14. The summed E-state index contributed by atoms with van der Waals surface area (Å²) < 4.78 is 70.9. The molecule has 0 saturated heterocycles. The van der Waals surface area contributed by atoms with E-state index in [1.807, 2.05) is 0 Å². The molecule has 9 nitrogen and oxygen atoms in total. The minimum Gasteiger partial charge on any atom is -0.487 e. The lowest BCUT2D eigenvalue weighted by molar-refractivity contribution is -0.384. The fourth-order valence-corrected chi connectivity index (χ4v) is 2.87. The Morgan fingerprint density at radius 1 is 1.18 bits per heavy atom. The number of fused-ring (bicyclic) bond motifs is 1. The molecule has 0 bridgehead atoms. The fourth-order valence-electron chi connectivity index (χ4n) is 2.87. The minimum atomic E-state index is -4.79. The zero-order valence-corrected chi connectivity index (χ0v) is 18.0. The molecule has 0 unspecified atom stereocenters. The number of amides is 1. The Kier molecular flexibility index (Phi) is 6.44. The van der Waals surface area contributed by atoms with Crippen LogP contribution < -0.4 is 10.1 Å². The zero-order chi connectivity index (χ0) is 25.4. The molecule has 1 amide bonds. The van der Waals surface area contributed by atoms with Gasteiger partial charge in [-0.15, -0.1) is 0 Å². The lowest BCUT2D eigenvalue weighted by Crippen LogP contribution is -2.20. The number of nitro benzene ring substituents is 1. The summed E-state index contributed by atoms with van der Waals surface area (Å²) in [4.78, 5) is 27.1. The van der Waals surface area contributed by atoms with Gasteiger partial charge in [-0.3, -0.25) is 14.9 Å². The van der Waals surface area contributed by atoms with E-state index >= 15 is 0 Å². The number of alkyl halides is 5. The van der Waals surface area contributed by atoms with Gasteiger partial charge in [-0.2, -0.15) is 18.3 Å². The van der Waals surface area contributed by atoms with Crippen molar-refractivity contribution in [1.29, 1.82) is 0 Å². The predicted octanol–water partition coefficient (Wildman–Crippen LogP) is 4.85. The third-order valence-electron chi connectivity index (χ3n) is 4.45. The Morgan fingerprint density at radius 3 is 2.41 bits per heavy atom. The number of ether oxygens (including phenoxy) is 1. The second kappa shape index (κ2) is 8.83. The topological polar surface area (TPSA) is 112 Å². The van der Waals surface area contributed by atoms with Crippen molar-refractivity contribution in [2.24, 2.45) is 0 Å². The molecule has 2 heterocycles. The molecule has 34 heavy (non-hydrogen) atoms. The highest BCUT2D eigenvalue weighted by Crippen LogP contribution is 2.33. The molecular weight excluding hydrogens is 469 g/mol. The number of carbonyl (C=O) groups is 1. The number of benzene rings is 1. The van der Waals surface area contributed by atoms with Crippen LogP contribution in [0, 0.1) is 10.1 Å². The van der Waals surface area contributed by atoms with Gasteiger partial charge in [-0.1, -0.05) is 20.8 Å². The van der Waals surface area contributed by atoms with Crippen molar-refractivity contribution in [1.82, 2.24) is 14.6 Å². The molecule has 14 heteroatoms. The van der Waals surface area contributed by atoms with E-state index < -0.39 is 52.5 Å². The molecule has 0 radical (unpaired) electrons. The first kappa shape index (κ1) is 24.8. The Hall–Kier alpha value is -3.84. The number of nitrogens with one attached hydrogen (secondary N) is 1. The normalized spacial score (nSPS) is 12.3. The number of rotatable bonds is 6. The van der Waals surface area contributed by atoms with E-state index in [-0.39, 0.29) is 22.8 Å². The molecule has 0 aliphatic heterocycles. The van der Waals surface area contributed by atoms with Gasteiger partial charge in [0.25, 0.3) is 18.0 Å². The maximum Gasteiger partial charge on any atom is 0.433 e. The van der Waals surface area contributed by atoms with Crippen LogP contribution >= 0.6 is 0 Å². The van der Waals surface area contributed by atoms with Gasteiger partial charge in [-0.05, 0) is 6.07 Å². The molecule has 0 atom stereocenters. The van der Waals surface area contributed by atoms with Crippen molar-refractivity contribution in [3.63, 3.8) is 0 Å². The average molecular weight is 487 g/mol. The molecule has 0 saturated carbocycles. The number of nitrogens with zero attached hydrogens (tertiary/aromatic N) is 4. The van der Waals surface area contributed by atoms with Crippen molar-refractivity contribution in [3.8, 4) is 5.75 Å². The molecule has 2 aromatic heterocycles. The van der Waals surface area contributed by atoms with Gasteiger partial charge in [-0.25, -0.2) is 18.3 Å². The zero-order valence-electron chi connectivity index (χ0n) is 18.0. The standard InChI is InChI=1S/C20H18F5N5O4/c1-19(2,3)14-8-15(20(23,24)25)29-17(27-14)7-13(28-29)18(31)26-10-4-11(30(32)33)6-12(5-10)34-9-16(21)22/h4-8,16H,9H2,1-3H3,(H,26,31). The van der Waals surface area contributed by atoms with Gasteiger partial charge in [0.15, 0.2) is 11.3 Å². The summed E-state index contributed by atoms with van der Waals surface area (Å²) in [6.45, 7) is 3.98. The van der Waals surface area contributed by atoms with Crippen molar-refractivity contribution in [3.05, 3.63) is 57.5 Å². The monoisotopic (exact) mass is 487 g/mol. The van der Waals surface area contributed by atoms with Crippen LogP contribution in [0.4, 0.5) is 33.3 Å². The largest absolute Gasteiger partial charge is 0.487 e. The van der Waals surface area contributed by atoms with Crippen molar-refractivity contribution in [2.45, 2.75) is 38.8 Å². The number of hydrogen-bond acceptors (Lipinski definition) is 6. The summed E-state index contributed by atoms with van der Waals surface area (Å²) in [6, 6.07) is 4.75. The lowest BCUT2D eigenvalue weighted by Gasteiger charge is -2.19. The van der Waals surface area contributed by atoms with Gasteiger partial charge < -0.3 is 10.1 Å². The number of nitro groups is 1. The summed E-state index contributed by atoms with van der Waals surface area (Å²) in [6.07, 6.45) is -7.64. The van der Waals surface area contributed by atoms with Crippen LogP contribution in [0.2, 0.25) is 0 Å². The van der Waals surface area contributed by atoms with Crippen LogP contribution in [0.1, 0.15) is 42.6 Å². The Labute approximate surface area is 188 Å². The van der Waals surface area contributed by atoms with Crippen molar-refractivity contribution >= 4 is 22.9 Å². The number of carbonyl (C=O) groups excluding carboxylic acids is 1. The Balaban J connectivity index is 2.00. The van der Waals surface area contributed by atoms with E-state index in [0.29, 0.717) is 4.52 Å². The van der Waals surface area contributed by atoms with Gasteiger partial charge in [0.2, 0.25) is 0 Å². The quantitative estimate of drug-likeness (QED) is 0.302. The number of hydrogen-bond donors (Lipinski definition) is 1. The fraction of sp³-hybridized carbons (Fsp3) is 0.350. The van der Waals surface area contributed by atoms with Gasteiger partial charge in [0, 0.05) is 23.6 Å². The second-order valence-electron chi connectivity index (χ2n) is 8.20. The van der Waals surface area contributed by atoms with E-state index in [4.69, 9.17) is 4.74 Å². The molecule has 0 spiro atoms. The van der Waals surface area contributed by atoms with Gasteiger partial charge >= 0.3 is 6.18 Å². The van der Waals surface area contributed by atoms with E-state index in [9.17, 15) is 36.9 Å². The molecule has 3 aromatic rings. The smallest absolute Gasteiger partial charge is 0.433 e. The molecule has 182 valence electrons. The lowest BCUT2D eigenvalue weighted by atomic mass is 9.91. The summed E-state index contributed by atoms with van der Waals surface area (Å²) >= 11 is 0. The van der Waals surface area contributed by atoms with E-state index in [1.165, 1.54) is 0 Å². The number of aromatic nitrogens is 3. The maximum atomic E-state index is 13.6. The Morgan fingerprint density at radius 2 is 1.85 bits per heavy atom. The molecule has 3 rings (SSSR count). The highest BCUT2D eigenvalue weighted by molar-refractivity contribution is 6.03. The number of anilines is 1. The first-order valence-corrected chi connectivity index (χ1v) is 9.65. The van der Waals surface area contributed by atoms with Crippen LogP contribution in [0.15, 0.2) is 30.3 Å². The second-order valence-corrected chi connectivity index (χ2v) is 8.20. The van der Waals surface area contributed by atoms with Crippen molar-refractivity contribution < 1.29 is 36.4 Å². The van der Waals surface area contributed by atoms with E-state index in [1.54, 1.807) is 20.8 Å². The molecular formula is C20H18F5N5O4. The third kappa shape index (κ3) is 5.55. The maximum absolute atomic E-state index is 13.6. The molecule has 1 aromatic carbocycles. The van der Waals surface area contributed by atoms with Crippen LogP contribution in [-0.2, 0) is 11.6 Å². The van der Waals surface area contributed by atoms with Crippen LogP contribution in [0.25, 0.3) is 5.65 Å². The van der Waals surface area contributed by atoms with Crippen molar-refractivity contribution in [2.75, 3.05) is 11.9 Å². The van der Waals surface area contributed by atoms with E-state index in [2.05, 4.69) is 15.4 Å². The SMILES string of the molecule is CC(C)(C)c1cc(C(F)(F)F)n2nc(C(=O)Nc3cc(OCC(F)F)cc([N+](=O)[O-])c3)cc2n1. The predicted molar refractivity (Wildman–Crippen MR) is 109 cm³/mol. The summed E-state index contributed by atoms with van der Waals surface area (Å²) in [5.41, 5.74) is -3.20. The minimum absolute atomic E-state index is 0.124. The third-order valence-corrected chi connectivity index (χ3v) is 4.45. The highest BCUT2D eigenvalue weighted by Gasteiger charge is 2.36. The summed E-state index contributed by atoms with van der Waals surface area (Å²) in [5.74, 6) is -1.31. The number of halogens is 5. The van der Waals surface area contributed by atoms with Crippen LogP contribution in [0.3, 0.4) is 0 Å².